The maximum Gasteiger partial charge on any atom is 0.238 e. The van der Waals surface area contributed by atoms with Crippen molar-refractivity contribution in [2.24, 2.45) is 0 Å². The van der Waals surface area contributed by atoms with E-state index < -0.39 is 0 Å². The van der Waals surface area contributed by atoms with Gasteiger partial charge in [0.1, 0.15) is 0 Å². The normalized spacial score (nSPS) is 12.2. The molecule has 0 aromatic heterocycles. The van der Waals surface area contributed by atoms with Gasteiger partial charge in [0.05, 0.1) is 6.54 Å². The Balaban J connectivity index is 2.29. The van der Waals surface area contributed by atoms with E-state index in [1.807, 2.05) is 23.9 Å². The molecule has 100 valence electrons. The number of nitrogens with one attached hydrogen (secondary N) is 2. The lowest BCUT2D eigenvalue weighted by Crippen LogP contribution is -2.35. The number of halogens is 1. The number of hydrogen-bond acceptors (Lipinski definition) is 3. The van der Waals surface area contributed by atoms with Crippen molar-refractivity contribution in [2.75, 3.05) is 23.4 Å². The first-order valence-corrected chi connectivity index (χ1v) is 7.51. The molecule has 1 aromatic rings. The topological polar surface area (TPSA) is 41.1 Å². The summed E-state index contributed by atoms with van der Waals surface area (Å²) in [5, 5.41) is 6.61. The third-order valence-electron chi connectivity index (χ3n) is 2.29. The molecular weight excluding hydrogens is 268 g/mol. The molecule has 0 aliphatic rings. The number of carbonyl (C=O) groups excluding carboxylic acids is 1. The van der Waals surface area contributed by atoms with E-state index in [2.05, 4.69) is 24.5 Å². The third-order valence-corrected chi connectivity index (χ3v) is 3.67. The molecule has 0 heterocycles. The number of rotatable bonds is 7. The zero-order valence-corrected chi connectivity index (χ0v) is 12.3. The van der Waals surface area contributed by atoms with Crippen LogP contribution in [0.5, 0.6) is 0 Å². The van der Waals surface area contributed by atoms with Crippen LogP contribution in [-0.2, 0) is 4.79 Å². The van der Waals surface area contributed by atoms with Gasteiger partial charge in [-0.1, -0.05) is 24.6 Å². The molecule has 0 saturated carbocycles. The van der Waals surface area contributed by atoms with E-state index in [1.165, 1.54) is 0 Å². The van der Waals surface area contributed by atoms with Crippen LogP contribution in [0.25, 0.3) is 0 Å². The molecule has 0 bridgehead atoms. The summed E-state index contributed by atoms with van der Waals surface area (Å²) in [7, 11) is 0. The molecule has 0 spiro atoms. The molecule has 3 nitrogen and oxygen atoms in total. The first-order chi connectivity index (χ1) is 8.61. The highest BCUT2D eigenvalue weighted by atomic mass is 35.5. The summed E-state index contributed by atoms with van der Waals surface area (Å²) in [5.74, 6) is 2.06. The van der Waals surface area contributed by atoms with Gasteiger partial charge in [0.25, 0.3) is 0 Å². The van der Waals surface area contributed by atoms with Gasteiger partial charge in [-0.05, 0) is 30.9 Å². The first kappa shape index (κ1) is 15.3. The van der Waals surface area contributed by atoms with E-state index in [9.17, 15) is 4.79 Å². The molecule has 1 rings (SSSR count). The summed E-state index contributed by atoms with van der Waals surface area (Å²) >= 11 is 7.71. The van der Waals surface area contributed by atoms with Crippen molar-refractivity contribution < 1.29 is 4.79 Å². The highest BCUT2D eigenvalue weighted by Gasteiger charge is 2.05. The Morgan fingerprint density at radius 1 is 1.50 bits per heavy atom. The molecule has 1 atom stereocenters. The predicted molar refractivity (Wildman–Crippen MR) is 80.5 cm³/mol. The molecule has 0 radical (unpaired) electrons. The number of thioether (sulfide) groups is 1. The van der Waals surface area contributed by atoms with Gasteiger partial charge in [-0.25, -0.2) is 0 Å². The molecule has 5 heteroatoms. The van der Waals surface area contributed by atoms with Crippen LogP contribution >= 0.6 is 23.4 Å². The van der Waals surface area contributed by atoms with Gasteiger partial charge in [0.2, 0.25) is 5.91 Å². The van der Waals surface area contributed by atoms with Crippen LogP contribution in [0.15, 0.2) is 24.3 Å². The van der Waals surface area contributed by atoms with Gasteiger partial charge in [-0.3, -0.25) is 4.79 Å². The lowest BCUT2D eigenvalue weighted by Gasteiger charge is -2.13. The van der Waals surface area contributed by atoms with Crippen molar-refractivity contribution in [3.8, 4) is 0 Å². The predicted octanol–water partition coefficient (Wildman–Crippen LogP) is 3.01. The Morgan fingerprint density at radius 3 is 2.94 bits per heavy atom. The van der Waals surface area contributed by atoms with Crippen LogP contribution in [-0.4, -0.2) is 30.0 Å². The fourth-order valence-corrected chi connectivity index (χ4v) is 2.29. The maximum atomic E-state index is 11.7. The van der Waals surface area contributed by atoms with Gasteiger partial charge in [0, 0.05) is 22.5 Å². The summed E-state index contributed by atoms with van der Waals surface area (Å²) in [6.07, 6.45) is 0. The average Bonchev–Trinajstić information content (AvgIpc) is 2.34. The molecule has 0 saturated heterocycles. The van der Waals surface area contributed by atoms with Crippen LogP contribution in [0, 0.1) is 0 Å². The Kier molecular flexibility index (Phi) is 7.16. The van der Waals surface area contributed by atoms with E-state index in [4.69, 9.17) is 11.6 Å². The number of carbonyl (C=O) groups is 1. The second-order valence-corrected chi connectivity index (χ2v) is 5.76. The minimum atomic E-state index is -0.0504. The molecule has 1 unspecified atom stereocenters. The smallest absolute Gasteiger partial charge is 0.238 e. The molecule has 0 aliphatic heterocycles. The molecule has 0 fully saturated rings. The van der Waals surface area contributed by atoms with E-state index >= 15 is 0 Å². The third kappa shape index (κ3) is 6.28. The molecule has 0 aliphatic carbocycles. The van der Waals surface area contributed by atoms with Crippen molar-refractivity contribution in [3.63, 3.8) is 0 Å². The zero-order chi connectivity index (χ0) is 13.4. The second kappa shape index (κ2) is 8.40. The summed E-state index contributed by atoms with van der Waals surface area (Å²) in [6, 6.07) is 7.47. The zero-order valence-electron chi connectivity index (χ0n) is 10.7. The Labute approximate surface area is 118 Å². The van der Waals surface area contributed by atoms with Gasteiger partial charge in [-0.15, -0.1) is 0 Å². The van der Waals surface area contributed by atoms with Crippen molar-refractivity contribution in [1.82, 2.24) is 5.32 Å². The Morgan fingerprint density at radius 2 is 2.28 bits per heavy atom. The molecular formula is C13H19ClN2OS. The largest absolute Gasteiger partial charge is 0.325 e. The van der Waals surface area contributed by atoms with E-state index in [0.29, 0.717) is 17.6 Å². The lowest BCUT2D eigenvalue weighted by atomic mass is 10.3. The van der Waals surface area contributed by atoms with Gasteiger partial charge < -0.3 is 10.6 Å². The SMILES string of the molecule is CCSCC(C)NCC(=O)Nc1cccc(Cl)c1. The lowest BCUT2D eigenvalue weighted by molar-refractivity contribution is -0.115. The van der Waals surface area contributed by atoms with Gasteiger partial charge in [0.15, 0.2) is 0 Å². The quantitative estimate of drug-likeness (QED) is 0.810. The van der Waals surface area contributed by atoms with Crippen LogP contribution in [0.3, 0.4) is 0 Å². The van der Waals surface area contributed by atoms with E-state index in [0.717, 1.165) is 17.2 Å². The monoisotopic (exact) mass is 286 g/mol. The standard InChI is InChI=1S/C13H19ClN2OS/c1-3-18-9-10(2)15-8-13(17)16-12-6-4-5-11(14)7-12/h4-7,10,15H,3,8-9H2,1-2H3,(H,16,17). The fourth-order valence-electron chi connectivity index (χ4n) is 1.39. The summed E-state index contributed by atoms with van der Waals surface area (Å²) in [4.78, 5) is 11.7. The molecule has 2 N–H and O–H groups in total. The second-order valence-electron chi connectivity index (χ2n) is 4.00. The maximum absolute atomic E-state index is 11.7. The van der Waals surface area contributed by atoms with E-state index in [-0.39, 0.29) is 5.91 Å². The van der Waals surface area contributed by atoms with Crippen molar-refractivity contribution in [1.29, 1.82) is 0 Å². The summed E-state index contributed by atoms with van der Waals surface area (Å²) < 4.78 is 0. The van der Waals surface area contributed by atoms with Gasteiger partial charge in [-0.2, -0.15) is 11.8 Å². The Hall–Kier alpha value is -0.710. The average molecular weight is 287 g/mol. The minimum Gasteiger partial charge on any atom is -0.325 e. The van der Waals surface area contributed by atoms with Crippen LogP contribution in [0.4, 0.5) is 5.69 Å². The molecule has 18 heavy (non-hydrogen) atoms. The van der Waals surface area contributed by atoms with Crippen molar-refractivity contribution in [2.45, 2.75) is 19.9 Å². The number of anilines is 1. The van der Waals surface area contributed by atoms with Crippen LogP contribution in [0.1, 0.15) is 13.8 Å². The highest BCUT2D eigenvalue weighted by molar-refractivity contribution is 7.99. The van der Waals surface area contributed by atoms with Crippen LogP contribution < -0.4 is 10.6 Å². The minimum absolute atomic E-state index is 0.0504. The number of amides is 1. The van der Waals surface area contributed by atoms with Gasteiger partial charge >= 0.3 is 0 Å². The Bertz CT molecular complexity index is 387. The highest BCUT2D eigenvalue weighted by Crippen LogP contribution is 2.14. The number of benzene rings is 1. The first-order valence-electron chi connectivity index (χ1n) is 5.98. The van der Waals surface area contributed by atoms with Crippen LogP contribution in [0.2, 0.25) is 5.02 Å². The van der Waals surface area contributed by atoms with Crippen molar-refractivity contribution in [3.05, 3.63) is 29.3 Å². The summed E-state index contributed by atoms with van der Waals surface area (Å²) in [6.45, 7) is 4.52. The fraction of sp³-hybridized carbons (Fsp3) is 0.462. The number of hydrogen-bond donors (Lipinski definition) is 2. The van der Waals surface area contributed by atoms with Crippen molar-refractivity contribution >= 4 is 35.0 Å². The molecule has 1 amide bonds. The summed E-state index contributed by atoms with van der Waals surface area (Å²) in [5.41, 5.74) is 0.727. The van der Waals surface area contributed by atoms with E-state index in [1.54, 1.807) is 12.1 Å². The molecule has 1 aromatic carbocycles.